The van der Waals surface area contributed by atoms with Gasteiger partial charge in [0.15, 0.2) is 0 Å². The molecule has 0 fully saturated rings. The summed E-state index contributed by atoms with van der Waals surface area (Å²) >= 11 is 6.43. The van der Waals surface area contributed by atoms with Crippen molar-refractivity contribution in [2.45, 2.75) is 6.92 Å². The van der Waals surface area contributed by atoms with Crippen LogP contribution in [0.15, 0.2) is 50.9 Å². The van der Waals surface area contributed by atoms with E-state index in [1.54, 1.807) is 36.4 Å². The largest absolute Gasteiger partial charge is 0.506 e. The predicted octanol–water partition coefficient (Wildman–Crippen LogP) is 4.86. The molecule has 0 saturated heterocycles. The smallest absolute Gasteiger partial charge is 0.266 e. The van der Waals surface area contributed by atoms with Crippen molar-refractivity contribution >= 4 is 49.5 Å². The molecular formula is C18H14Br2N2O3. The molecule has 2 rings (SSSR count). The monoisotopic (exact) mass is 464 g/mol. The number of aromatic hydroxyl groups is 1. The number of nitriles is 1. The molecule has 0 unspecified atom stereocenters. The van der Waals surface area contributed by atoms with Crippen LogP contribution in [0.5, 0.6) is 11.5 Å². The molecule has 0 aliphatic carbocycles. The zero-order chi connectivity index (χ0) is 18.4. The molecule has 0 spiro atoms. The van der Waals surface area contributed by atoms with Crippen molar-refractivity contribution in [1.29, 1.82) is 5.26 Å². The van der Waals surface area contributed by atoms with Gasteiger partial charge in [-0.25, -0.2) is 0 Å². The highest BCUT2D eigenvalue weighted by Gasteiger charge is 2.12. The number of phenols is 1. The third-order valence-electron chi connectivity index (χ3n) is 3.12. The van der Waals surface area contributed by atoms with E-state index in [0.29, 0.717) is 32.6 Å². The van der Waals surface area contributed by atoms with Crippen molar-refractivity contribution in [2.24, 2.45) is 0 Å². The molecule has 128 valence electrons. The minimum Gasteiger partial charge on any atom is -0.506 e. The van der Waals surface area contributed by atoms with Crippen LogP contribution < -0.4 is 10.1 Å². The van der Waals surface area contributed by atoms with E-state index in [0.717, 1.165) is 0 Å². The molecule has 0 bridgehead atoms. The molecule has 0 aromatic heterocycles. The third-order valence-corrected chi connectivity index (χ3v) is 4.33. The molecule has 0 heterocycles. The second-order valence-electron chi connectivity index (χ2n) is 4.92. The topological polar surface area (TPSA) is 82.3 Å². The number of anilines is 1. The number of carbonyl (C=O) groups excluding carboxylic acids is 1. The lowest BCUT2D eigenvalue weighted by Gasteiger charge is -2.08. The van der Waals surface area contributed by atoms with E-state index >= 15 is 0 Å². The number of amides is 1. The van der Waals surface area contributed by atoms with Crippen molar-refractivity contribution < 1.29 is 14.6 Å². The van der Waals surface area contributed by atoms with Crippen LogP contribution in [0, 0.1) is 11.3 Å². The lowest BCUT2D eigenvalue weighted by Crippen LogP contribution is -2.13. The molecule has 0 radical (unpaired) electrons. The number of phenolic OH excluding ortho intramolecular Hbond substituents is 1. The maximum atomic E-state index is 12.3. The average Bonchev–Trinajstić information content (AvgIpc) is 2.58. The molecule has 25 heavy (non-hydrogen) atoms. The number of nitrogens with zero attached hydrogens (tertiary/aromatic N) is 1. The summed E-state index contributed by atoms with van der Waals surface area (Å²) in [6.07, 6.45) is 1.44. The van der Waals surface area contributed by atoms with Gasteiger partial charge in [-0.2, -0.15) is 5.26 Å². The van der Waals surface area contributed by atoms with Crippen molar-refractivity contribution in [3.8, 4) is 17.6 Å². The molecule has 2 aromatic carbocycles. The Kier molecular flexibility index (Phi) is 6.62. The van der Waals surface area contributed by atoms with E-state index in [-0.39, 0.29) is 11.3 Å². The van der Waals surface area contributed by atoms with Crippen LogP contribution in [0.25, 0.3) is 6.08 Å². The van der Waals surface area contributed by atoms with Gasteiger partial charge in [0.05, 0.1) is 15.6 Å². The number of benzene rings is 2. The van der Waals surface area contributed by atoms with Gasteiger partial charge in [-0.3, -0.25) is 4.79 Å². The first-order chi connectivity index (χ1) is 11.9. The zero-order valence-electron chi connectivity index (χ0n) is 13.2. The van der Waals surface area contributed by atoms with Crippen molar-refractivity contribution in [3.05, 3.63) is 56.5 Å². The Morgan fingerprint density at radius 1 is 1.32 bits per heavy atom. The Labute approximate surface area is 162 Å². The van der Waals surface area contributed by atoms with E-state index in [2.05, 4.69) is 37.2 Å². The van der Waals surface area contributed by atoms with Gasteiger partial charge in [-0.1, -0.05) is 6.07 Å². The van der Waals surface area contributed by atoms with Gasteiger partial charge in [0.2, 0.25) is 0 Å². The molecule has 2 aromatic rings. The second kappa shape index (κ2) is 8.70. The molecule has 0 aliphatic heterocycles. The highest BCUT2D eigenvalue weighted by Crippen LogP contribution is 2.34. The van der Waals surface area contributed by atoms with Crippen molar-refractivity contribution in [1.82, 2.24) is 0 Å². The van der Waals surface area contributed by atoms with Crippen molar-refractivity contribution in [2.75, 3.05) is 11.9 Å². The van der Waals surface area contributed by atoms with E-state index in [1.165, 1.54) is 6.08 Å². The van der Waals surface area contributed by atoms with Crippen LogP contribution in [-0.4, -0.2) is 17.6 Å². The van der Waals surface area contributed by atoms with Crippen LogP contribution in [0.1, 0.15) is 12.5 Å². The second-order valence-corrected chi connectivity index (χ2v) is 6.63. The molecule has 0 atom stereocenters. The van der Waals surface area contributed by atoms with E-state index in [1.807, 2.05) is 13.0 Å². The number of nitrogens with one attached hydrogen (secondary N) is 1. The summed E-state index contributed by atoms with van der Waals surface area (Å²) in [6.45, 7) is 2.39. The summed E-state index contributed by atoms with van der Waals surface area (Å²) in [5, 5.41) is 21.7. The van der Waals surface area contributed by atoms with E-state index < -0.39 is 5.91 Å². The summed E-state index contributed by atoms with van der Waals surface area (Å²) in [5.74, 6) is 0.151. The summed E-state index contributed by atoms with van der Waals surface area (Å²) in [4.78, 5) is 12.3. The summed E-state index contributed by atoms with van der Waals surface area (Å²) < 4.78 is 6.29. The number of ether oxygens (including phenoxy) is 1. The highest BCUT2D eigenvalue weighted by molar-refractivity contribution is 9.11. The van der Waals surface area contributed by atoms with Gasteiger partial charge in [-0.15, -0.1) is 0 Å². The number of hydrogen-bond acceptors (Lipinski definition) is 4. The Bertz CT molecular complexity index is 850. The first kappa shape index (κ1) is 19.0. The quantitative estimate of drug-likeness (QED) is 0.487. The van der Waals surface area contributed by atoms with Crippen LogP contribution >= 0.6 is 31.9 Å². The van der Waals surface area contributed by atoms with Gasteiger partial charge >= 0.3 is 0 Å². The lowest BCUT2D eigenvalue weighted by molar-refractivity contribution is -0.112. The van der Waals surface area contributed by atoms with Gasteiger partial charge in [0, 0.05) is 11.8 Å². The van der Waals surface area contributed by atoms with Crippen LogP contribution in [0.3, 0.4) is 0 Å². The minimum absolute atomic E-state index is 0.0489. The van der Waals surface area contributed by atoms with Gasteiger partial charge in [-0.05, 0) is 74.7 Å². The molecular weight excluding hydrogens is 452 g/mol. The van der Waals surface area contributed by atoms with Crippen LogP contribution in [0.2, 0.25) is 0 Å². The maximum absolute atomic E-state index is 12.3. The van der Waals surface area contributed by atoms with E-state index in [9.17, 15) is 15.2 Å². The summed E-state index contributed by atoms with van der Waals surface area (Å²) in [5.41, 5.74) is 1.06. The normalized spacial score (nSPS) is 10.9. The Hall–Kier alpha value is -2.30. The maximum Gasteiger partial charge on any atom is 0.266 e. The standard InChI is InChI=1S/C18H14Br2N2O3/c1-2-25-14-5-3-4-13(9-14)22-18(24)12(10-21)6-11-7-15(19)17(23)16(20)8-11/h3-9,23H,2H2,1H3,(H,22,24)/b12-6+. The Morgan fingerprint density at radius 2 is 2.00 bits per heavy atom. The first-order valence-electron chi connectivity index (χ1n) is 7.28. The fourth-order valence-corrected chi connectivity index (χ4v) is 3.23. The Balaban J connectivity index is 2.24. The lowest BCUT2D eigenvalue weighted by atomic mass is 10.1. The SMILES string of the molecule is CCOc1cccc(NC(=O)/C(C#N)=C/c2cc(Br)c(O)c(Br)c2)c1. The van der Waals surface area contributed by atoms with Gasteiger partial charge in [0.1, 0.15) is 23.1 Å². The minimum atomic E-state index is -0.531. The predicted molar refractivity (Wildman–Crippen MR) is 103 cm³/mol. The number of halogens is 2. The molecule has 7 heteroatoms. The fraction of sp³-hybridized carbons (Fsp3) is 0.111. The average molecular weight is 466 g/mol. The van der Waals surface area contributed by atoms with Crippen molar-refractivity contribution in [3.63, 3.8) is 0 Å². The number of rotatable bonds is 5. The molecule has 5 nitrogen and oxygen atoms in total. The summed E-state index contributed by atoms with van der Waals surface area (Å²) in [6, 6.07) is 12.0. The third kappa shape index (κ3) is 5.08. The molecule has 2 N–H and O–H groups in total. The van der Waals surface area contributed by atoms with Gasteiger partial charge in [0.25, 0.3) is 5.91 Å². The van der Waals surface area contributed by atoms with E-state index in [4.69, 9.17) is 4.74 Å². The molecule has 1 amide bonds. The number of carbonyl (C=O) groups is 1. The Morgan fingerprint density at radius 3 is 2.60 bits per heavy atom. The van der Waals surface area contributed by atoms with Gasteiger partial charge < -0.3 is 15.2 Å². The molecule has 0 saturated carbocycles. The fourth-order valence-electron chi connectivity index (χ4n) is 2.01. The zero-order valence-corrected chi connectivity index (χ0v) is 16.4. The van der Waals surface area contributed by atoms with Crippen LogP contribution in [-0.2, 0) is 4.79 Å². The highest BCUT2D eigenvalue weighted by atomic mass is 79.9. The summed E-state index contributed by atoms with van der Waals surface area (Å²) in [7, 11) is 0. The van der Waals surface area contributed by atoms with Crippen LogP contribution in [0.4, 0.5) is 5.69 Å². The molecule has 0 aliphatic rings. The number of hydrogen-bond donors (Lipinski definition) is 2. The first-order valence-corrected chi connectivity index (χ1v) is 8.87.